The monoisotopic (exact) mass is 491 g/mol. The van der Waals surface area contributed by atoms with Crippen LogP contribution in [-0.2, 0) is 17.6 Å². The quantitative estimate of drug-likeness (QED) is 0.269. The maximum absolute atomic E-state index is 13.1. The SMILES string of the molecule is COc1ccccc1NC(=O)C(C)Sc1nc2scc(-c3ccc4c(c3)CCCC4)c2c(=O)[nH]1. The largest absolute Gasteiger partial charge is 0.495 e. The minimum Gasteiger partial charge on any atom is -0.495 e. The Labute approximate surface area is 205 Å². The van der Waals surface area contributed by atoms with Crippen LogP contribution in [0.25, 0.3) is 21.3 Å². The average Bonchev–Trinajstić information content (AvgIpc) is 3.28. The molecule has 0 fully saturated rings. The van der Waals surface area contributed by atoms with Gasteiger partial charge in [-0.15, -0.1) is 11.3 Å². The van der Waals surface area contributed by atoms with Crippen LogP contribution in [0, 0.1) is 0 Å². The first-order valence-electron chi connectivity index (χ1n) is 11.3. The Morgan fingerprint density at radius 2 is 1.97 bits per heavy atom. The molecule has 0 aliphatic heterocycles. The molecular weight excluding hydrogens is 466 g/mol. The van der Waals surface area contributed by atoms with Crippen molar-refractivity contribution in [3.05, 3.63) is 69.3 Å². The van der Waals surface area contributed by atoms with Gasteiger partial charge in [-0.1, -0.05) is 42.1 Å². The van der Waals surface area contributed by atoms with Gasteiger partial charge < -0.3 is 15.0 Å². The van der Waals surface area contributed by atoms with E-state index in [0.29, 0.717) is 26.8 Å². The summed E-state index contributed by atoms with van der Waals surface area (Å²) in [7, 11) is 1.56. The number of aromatic nitrogens is 2. The molecule has 4 aromatic rings. The minimum atomic E-state index is -0.467. The highest BCUT2D eigenvalue weighted by Gasteiger charge is 2.20. The van der Waals surface area contributed by atoms with Crippen molar-refractivity contribution in [3.63, 3.8) is 0 Å². The summed E-state index contributed by atoms with van der Waals surface area (Å²) in [5, 5.41) is 5.46. The van der Waals surface area contributed by atoms with Crippen LogP contribution in [-0.4, -0.2) is 28.2 Å². The number of hydrogen-bond acceptors (Lipinski definition) is 6. The van der Waals surface area contributed by atoms with Gasteiger partial charge in [0.1, 0.15) is 10.6 Å². The molecule has 1 unspecified atom stereocenters. The van der Waals surface area contributed by atoms with Crippen molar-refractivity contribution in [2.75, 3.05) is 12.4 Å². The maximum Gasteiger partial charge on any atom is 0.260 e. The summed E-state index contributed by atoms with van der Waals surface area (Å²) in [4.78, 5) is 34.0. The number of benzene rings is 2. The zero-order valence-electron chi connectivity index (χ0n) is 19.0. The number of hydrogen-bond donors (Lipinski definition) is 2. The number of ether oxygens (including phenoxy) is 1. The normalized spacial score (nSPS) is 13.9. The molecule has 0 radical (unpaired) electrons. The highest BCUT2D eigenvalue weighted by Crippen LogP contribution is 2.34. The molecule has 0 saturated carbocycles. The van der Waals surface area contributed by atoms with Crippen LogP contribution in [0.1, 0.15) is 30.9 Å². The fourth-order valence-corrected chi connectivity index (χ4v) is 6.10. The van der Waals surface area contributed by atoms with E-state index in [1.54, 1.807) is 26.2 Å². The van der Waals surface area contributed by atoms with Crippen LogP contribution >= 0.6 is 23.1 Å². The third-order valence-corrected chi connectivity index (χ3v) is 7.96. The molecule has 2 aromatic heterocycles. The Bertz CT molecular complexity index is 1430. The smallest absolute Gasteiger partial charge is 0.260 e. The van der Waals surface area contributed by atoms with Crippen molar-refractivity contribution >= 4 is 44.9 Å². The van der Waals surface area contributed by atoms with Crippen LogP contribution in [0.4, 0.5) is 5.69 Å². The number of amides is 1. The highest BCUT2D eigenvalue weighted by atomic mass is 32.2. The fourth-order valence-electron chi connectivity index (χ4n) is 4.30. The standard InChI is InChI=1S/C26H25N3O3S2/c1-15(23(30)27-20-9-5-6-10-21(20)32-2)34-26-28-24(31)22-19(14-33-25(22)29-26)18-12-11-16-7-3-4-8-17(16)13-18/h5-6,9-15H,3-4,7-8H2,1-2H3,(H,27,30)(H,28,29,31). The van der Waals surface area contributed by atoms with Crippen LogP contribution in [0.2, 0.25) is 0 Å². The molecule has 1 amide bonds. The molecule has 1 aliphatic rings. The number of rotatable bonds is 6. The predicted octanol–water partition coefficient (Wildman–Crippen LogP) is 5.66. The lowest BCUT2D eigenvalue weighted by molar-refractivity contribution is -0.115. The summed E-state index contributed by atoms with van der Waals surface area (Å²) in [6.45, 7) is 1.78. The molecule has 5 rings (SSSR count). The van der Waals surface area contributed by atoms with E-state index in [-0.39, 0.29) is 11.5 Å². The van der Waals surface area contributed by atoms with E-state index in [0.717, 1.165) is 24.0 Å². The molecule has 6 nitrogen and oxygen atoms in total. The number of fused-ring (bicyclic) bond motifs is 2. The molecule has 0 spiro atoms. The lowest BCUT2D eigenvalue weighted by Crippen LogP contribution is -2.23. The Balaban J connectivity index is 1.37. The summed E-state index contributed by atoms with van der Waals surface area (Å²) < 4.78 is 5.30. The van der Waals surface area contributed by atoms with Crippen molar-refractivity contribution in [2.24, 2.45) is 0 Å². The van der Waals surface area contributed by atoms with Gasteiger partial charge in [0.2, 0.25) is 5.91 Å². The summed E-state index contributed by atoms with van der Waals surface area (Å²) >= 11 is 2.68. The number of aryl methyl sites for hydroxylation is 2. The fraction of sp³-hybridized carbons (Fsp3) is 0.269. The molecule has 1 atom stereocenters. The van der Waals surface area contributed by atoms with Crippen molar-refractivity contribution in [2.45, 2.75) is 43.0 Å². The van der Waals surface area contributed by atoms with Crippen molar-refractivity contribution in [1.29, 1.82) is 0 Å². The number of aromatic amines is 1. The van der Waals surface area contributed by atoms with E-state index >= 15 is 0 Å². The van der Waals surface area contributed by atoms with Crippen molar-refractivity contribution < 1.29 is 9.53 Å². The van der Waals surface area contributed by atoms with E-state index in [2.05, 4.69) is 33.5 Å². The van der Waals surface area contributed by atoms with Gasteiger partial charge in [-0.25, -0.2) is 4.98 Å². The molecule has 2 heterocycles. The van der Waals surface area contributed by atoms with E-state index < -0.39 is 5.25 Å². The number of para-hydroxylation sites is 2. The van der Waals surface area contributed by atoms with Gasteiger partial charge in [-0.05, 0) is 61.4 Å². The predicted molar refractivity (Wildman–Crippen MR) is 139 cm³/mol. The Hall–Kier alpha value is -3.10. The van der Waals surface area contributed by atoms with Gasteiger partial charge >= 0.3 is 0 Å². The van der Waals surface area contributed by atoms with E-state index in [1.807, 2.05) is 17.5 Å². The number of thioether (sulfide) groups is 1. The Morgan fingerprint density at radius 1 is 1.18 bits per heavy atom. The lowest BCUT2D eigenvalue weighted by atomic mass is 9.89. The van der Waals surface area contributed by atoms with E-state index in [4.69, 9.17) is 4.74 Å². The second-order valence-corrected chi connectivity index (χ2v) is 10.5. The summed E-state index contributed by atoms with van der Waals surface area (Å²) in [6, 6.07) is 13.8. The Morgan fingerprint density at radius 3 is 2.79 bits per heavy atom. The topological polar surface area (TPSA) is 84.1 Å². The number of nitrogens with zero attached hydrogens (tertiary/aromatic N) is 1. The lowest BCUT2D eigenvalue weighted by Gasteiger charge is -2.16. The zero-order chi connectivity index (χ0) is 23.7. The second-order valence-electron chi connectivity index (χ2n) is 8.34. The van der Waals surface area contributed by atoms with Crippen molar-refractivity contribution in [1.82, 2.24) is 9.97 Å². The first-order valence-corrected chi connectivity index (χ1v) is 13.0. The van der Waals surface area contributed by atoms with Gasteiger partial charge in [-0.2, -0.15) is 0 Å². The summed E-state index contributed by atoms with van der Waals surface area (Å²) in [5.41, 5.74) is 5.20. The molecule has 1 aliphatic carbocycles. The number of carbonyl (C=O) groups excluding carboxylic acids is 1. The van der Waals surface area contributed by atoms with Gasteiger partial charge in [0.25, 0.3) is 5.56 Å². The zero-order valence-corrected chi connectivity index (χ0v) is 20.6. The molecule has 2 aromatic carbocycles. The van der Waals surface area contributed by atoms with Gasteiger partial charge in [0, 0.05) is 10.9 Å². The minimum absolute atomic E-state index is 0.182. The van der Waals surface area contributed by atoms with Crippen LogP contribution in [0.5, 0.6) is 5.75 Å². The average molecular weight is 492 g/mol. The number of nitrogens with one attached hydrogen (secondary N) is 2. The number of methoxy groups -OCH3 is 1. The van der Waals surface area contributed by atoms with Crippen molar-refractivity contribution in [3.8, 4) is 16.9 Å². The number of thiophene rings is 1. The van der Waals surface area contributed by atoms with E-state index in [1.165, 1.54) is 47.1 Å². The molecule has 0 saturated heterocycles. The Kier molecular flexibility index (Phi) is 6.43. The van der Waals surface area contributed by atoms with Crippen LogP contribution < -0.4 is 15.6 Å². The van der Waals surface area contributed by atoms with Crippen LogP contribution in [0.3, 0.4) is 0 Å². The first kappa shape index (κ1) is 22.7. The number of H-pyrrole nitrogens is 1. The summed E-state index contributed by atoms with van der Waals surface area (Å²) in [6.07, 6.45) is 4.68. The third-order valence-electron chi connectivity index (χ3n) is 6.10. The molecular formula is C26H25N3O3S2. The van der Waals surface area contributed by atoms with Crippen LogP contribution in [0.15, 0.2) is 57.8 Å². The molecule has 8 heteroatoms. The molecule has 0 bridgehead atoms. The summed E-state index contributed by atoms with van der Waals surface area (Å²) in [5.74, 6) is 0.396. The highest BCUT2D eigenvalue weighted by molar-refractivity contribution is 8.00. The maximum atomic E-state index is 13.1. The molecule has 2 N–H and O–H groups in total. The van der Waals surface area contributed by atoms with E-state index in [9.17, 15) is 9.59 Å². The molecule has 34 heavy (non-hydrogen) atoms. The number of carbonyl (C=O) groups is 1. The van der Waals surface area contributed by atoms with Gasteiger partial charge in [-0.3, -0.25) is 9.59 Å². The third kappa shape index (κ3) is 4.48. The van der Waals surface area contributed by atoms with Gasteiger partial charge in [0.15, 0.2) is 5.16 Å². The first-order chi connectivity index (χ1) is 16.5. The second kappa shape index (κ2) is 9.64. The molecule has 174 valence electrons. The number of anilines is 1. The van der Waals surface area contributed by atoms with Gasteiger partial charge in [0.05, 0.1) is 23.4 Å².